The quantitative estimate of drug-likeness (QED) is 0.255. The van der Waals surface area contributed by atoms with Gasteiger partial charge in [-0.3, -0.25) is 4.79 Å². The molecule has 0 unspecified atom stereocenters. The molecule has 0 bridgehead atoms. The number of benzene rings is 1. The van der Waals surface area contributed by atoms with Gasteiger partial charge in [0, 0.05) is 17.1 Å². The van der Waals surface area contributed by atoms with E-state index in [1.807, 2.05) is 12.1 Å². The van der Waals surface area contributed by atoms with E-state index in [0.717, 1.165) is 5.56 Å². The van der Waals surface area contributed by atoms with E-state index in [2.05, 4.69) is 17.9 Å². The molecule has 1 aromatic rings. The minimum Gasteiger partial charge on any atom is -0.289 e. The first kappa shape index (κ1) is 9.97. The van der Waals surface area contributed by atoms with Gasteiger partial charge in [-0.15, -0.1) is 5.92 Å². The maximum Gasteiger partial charge on any atom is 0.192 e. The van der Waals surface area contributed by atoms with Crippen LogP contribution in [-0.2, 0) is 21.9 Å². The van der Waals surface area contributed by atoms with Gasteiger partial charge in [0.15, 0.2) is 6.29 Å². The van der Waals surface area contributed by atoms with Gasteiger partial charge >= 0.3 is 0 Å². The van der Waals surface area contributed by atoms with E-state index in [4.69, 9.17) is 0 Å². The van der Waals surface area contributed by atoms with Gasteiger partial charge in [-0.05, 0) is 5.92 Å². The molecule has 0 atom stereocenters. The number of hydrogen-bond acceptors (Lipinski definition) is 1. The maximum atomic E-state index is 9.79. The molecule has 0 saturated carbocycles. The molecule has 0 aliphatic heterocycles. The van der Waals surface area contributed by atoms with Gasteiger partial charge in [0.25, 0.3) is 0 Å². The molecule has 0 aliphatic carbocycles. The molecule has 11 heavy (non-hydrogen) atoms. The zero-order valence-electron chi connectivity index (χ0n) is 5.67. The molecule has 55 valence electrons. The molecule has 2 heteroatoms. The number of rotatable bonds is 0. The minimum atomic E-state index is 0. The van der Waals surface area contributed by atoms with Crippen molar-refractivity contribution in [2.24, 2.45) is 0 Å². The first-order valence-electron chi connectivity index (χ1n) is 2.85. The normalized spacial score (nSPS) is 6.91. The Balaban J connectivity index is 0.000001000. The fourth-order valence-electron chi connectivity index (χ4n) is 0.584. The summed E-state index contributed by atoms with van der Waals surface area (Å²) < 4.78 is 0. The Morgan fingerprint density at radius 2 is 2.36 bits per heavy atom. The van der Waals surface area contributed by atoms with Crippen LogP contribution in [0.4, 0.5) is 0 Å². The monoisotopic (exact) mass is 184 g/mol. The summed E-state index contributed by atoms with van der Waals surface area (Å²) in [6.07, 6.45) is 0.576. The van der Waals surface area contributed by atoms with Crippen LogP contribution in [0.15, 0.2) is 24.3 Å². The summed E-state index contributed by atoms with van der Waals surface area (Å²) in [5.74, 6) is 4.96. The van der Waals surface area contributed by atoms with Crippen molar-refractivity contribution in [3.05, 3.63) is 35.9 Å². The summed E-state index contributed by atoms with van der Waals surface area (Å²) in [6, 6.07) is 10.0. The average molecular weight is 184 g/mol. The minimum absolute atomic E-state index is 0. The van der Waals surface area contributed by atoms with Gasteiger partial charge in [-0.2, -0.15) is 30.3 Å². The second-order valence-corrected chi connectivity index (χ2v) is 1.68. The van der Waals surface area contributed by atoms with Crippen LogP contribution in [0.5, 0.6) is 0 Å². The molecule has 1 rings (SSSR count). The van der Waals surface area contributed by atoms with Crippen molar-refractivity contribution in [2.45, 2.75) is 0 Å². The van der Waals surface area contributed by atoms with Gasteiger partial charge in [-0.25, -0.2) is 0 Å². The summed E-state index contributed by atoms with van der Waals surface area (Å²) in [7, 11) is 0. The first-order valence-corrected chi connectivity index (χ1v) is 2.85. The van der Waals surface area contributed by atoms with Gasteiger partial charge in [0.1, 0.15) is 0 Å². The Labute approximate surface area is 76.3 Å². The third-order valence-corrected chi connectivity index (χ3v) is 0.983. The molecule has 0 amide bonds. The zero-order chi connectivity index (χ0) is 7.23. The topological polar surface area (TPSA) is 17.1 Å². The summed E-state index contributed by atoms with van der Waals surface area (Å²) in [6.45, 7) is 0. The van der Waals surface area contributed by atoms with Gasteiger partial charge in [0.2, 0.25) is 0 Å². The SMILES string of the molecule is O=CC#Cc1c[c-]ccc1.[Mn]. The molecule has 1 nitrogen and oxygen atoms in total. The van der Waals surface area contributed by atoms with Crippen molar-refractivity contribution in [2.75, 3.05) is 0 Å². The molecular weight excluding hydrogens is 179 g/mol. The van der Waals surface area contributed by atoms with E-state index < -0.39 is 0 Å². The molecule has 0 fully saturated rings. The largest absolute Gasteiger partial charge is 0.289 e. The Morgan fingerprint density at radius 3 is 2.91 bits per heavy atom. The Morgan fingerprint density at radius 1 is 1.55 bits per heavy atom. The van der Waals surface area contributed by atoms with E-state index in [9.17, 15) is 4.79 Å². The molecular formula is C9H5MnO-. The fourth-order valence-corrected chi connectivity index (χ4v) is 0.584. The van der Waals surface area contributed by atoms with Crippen LogP contribution in [0.3, 0.4) is 0 Å². The molecule has 1 aromatic carbocycles. The first-order chi connectivity index (χ1) is 4.93. The Hall–Kier alpha value is -1.03. The second-order valence-electron chi connectivity index (χ2n) is 1.68. The van der Waals surface area contributed by atoms with Crippen molar-refractivity contribution in [3.8, 4) is 11.8 Å². The van der Waals surface area contributed by atoms with Crippen molar-refractivity contribution in [3.63, 3.8) is 0 Å². The third-order valence-electron chi connectivity index (χ3n) is 0.983. The molecule has 0 N–H and O–H groups in total. The summed E-state index contributed by atoms with van der Waals surface area (Å²) >= 11 is 0. The smallest absolute Gasteiger partial charge is 0.192 e. The van der Waals surface area contributed by atoms with Crippen LogP contribution < -0.4 is 0 Å². The van der Waals surface area contributed by atoms with Crippen LogP contribution in [0, 0.1) is 17.9 Å². The number of aldehydes is 1. The van der Waals surface area contributed by atoms with Crippen LogP contribution >= 0.6 is 0 Å². The van der Waals surface area contributed by atoms with Crippen LogP contribution in [0.1, 0.15) is 5.56 Å². The molecule has 0 heterocycles. The van der Waals surface area contributed by atoms with Gasteiger partial charge in [0.05, 0.1) is 0 Å². The molecule has 0 aliphatic rings. The van der Waals surface area contributed by atoms with Crippen LogP contribution in [0.2, 0.25) is 0 Å². The Kier molecular flexibility index (Phi) is 5.19. The van der Waals surface area contributed by atoms with Crippen molar-refractivity contribution in [1.82, 2.24) is 0 Å². The molecule has 0 spiro atoms. The predicted octanol–water partition coefficient (Wildman–Crippen LogP) is 1.03. The van der Waals surface area contributed by atoms with E-state index in [1.54, 1.807) is 12.1 Å². The summed E-state index contributed by atoms with van der Waals surface area (Å²) in [5, 5.41) is 0. The summed E-state index contributed by atoms with van der Waals surface area (Å²) in [4.78, 5) is 9.79. The standard InChI is InChI=1S/C9H5O.Mn/c10-8-4-7-9-5-2-1-3-6-9;/h1-2,5-6,8H;/q-1;. The fraction of sp³-hybridized carbons (Fsp3) is 0. The van der Waals surface area contributed by atoms with Gasteiger partial charge in [-0.1, -0.05) is 5.56 Å². The van der Waals surface area contributed by atoms with Gasteiger partial charge < -0.3 is 0 Å². The number of carbonyl (C=O) groups is 1. The molecule has 0 saturated heterocycles. The zero-order valence-corrected chi connectivity index (χ0v) is 6.85. The van der Waals surface area contributed by atoms with Crippen molar-refractivity contribution >= 4 is 6.29 Å². The van der Waals surface area contributed by atoms with Crippen LogP contribution in [-0.4, -0.2) is 6.29 Å². The van der Waals surface area contributed by atoms with Crippen molar-refractivity contribution < 1.29 is 21.9 Å². The summed E-state index contributed by atoms with van der Waals surface area (Å²) in [5.41, 5.74) is 0.814. The molecule has 1 radical (unpaired) electrons. The number of hydrogen-bond donors (Lipinski definition) is 0. The van der Waals surface area contributed by atoms with E-state index in [1.165, 1.54) is 0 Å². The molecule has 0 aromatic heterocycles. The second kappa shape index (κ2) is 5.73. The maximum absolute atomic E-state index is 9.79. The third kappa shape index (κ3) is 3.62. The van der Waals surface area contributed by atoms with E-state index >= 15 is 0 Å². The van der Waals surface area contributed by atoms with E-state index in [0.29, 0.717) is 6.29 Å². The number of carbonyl (C=O) groups excluding carboxylic acids is 1. The van der Waals surface area contributed by atoms with E-state index in [-0.39, 0.29) is 17.1 Å². The predicted molar refractivity (Wildman–Crippen MR) is 38.2 cm³/mol. The average Bonchev–Trinajstić information content (AvgIpc) is 2.03. The van der Waals surface area contributed by atoms with Crippen molar-refractivity contribution in [1.29, 1.82) is 0 Å². The Bertz CT molecular complexity index is 269. The van der Waals surface area contributed by atoms with Crippen LogP contribution in [0.25, 0.3) is 0 Å².